The number of sulfonamides is 1. The Morgan fingerprint density at radius 3 is 2.06 bits per heavy atom. The highest BCUT2D eigenvalue weighted by molar-refractivity contribution is 7.92. The van der Waals surface area contributed by atoms with Crippen molar-refractivity contribution in [1.82, 2.24) is 10.2 Å². The summed E-state index contributed by atoms with van der Waals surface area (Å²) in [6.07, 6.45) is 1.09. The fourth-order valence-electron chi connectivity index (χ4n) is 3.53. The molecule has 0 saturated heterocycles. The van der Waals surface area contributed by atoms with Gasteiger partial charge in [0.15, 0.2) is 0 Å². The van der Waals surface area contributed by atoms with Crippen molar-refractivity contribution in [3.8, 4) is 0 Å². The van der Waals surface area contributed by atoms with Crippen molar-refractivity contribution < 1.29 is 18.0 Å². The molecule has 186 valence electrons. The molecule has 0 radical (unpaired) electrons. The fraction of sp³-hybridized carbons (Fsp3) is 0.462. The molecule has 0 aliphatic carbocycles. The molecule has 1 N–H and O–H groups in total. The van der Waals surface area contributed by atoms with Crippen LogP contribution in [0.15, 0.2) is 42.5 Å². The summed E-state index contributed by atoms with van der Waals surface area (Å²) in [5.74, 6) is -0.755. The summed E-state index contributed by atoms with van der Waals surface area (Å²) in [5.41, 5.74) is 3.55. The van der Waals surface area contributed by atoms with E-state index in [0.29, 0.717) is 5.69 Å². The number of benzene rings is 2. The van der Waals surface area contributed by atoms with Gasteiger partial charge in [0, 0.05) is 12.1 Å². The first-order valence-corrected chi connectivity index (χ1v) is 13.2. The van der Waals surface area contributed by atoms with Gasteiger partial charge in [0.1, 0.15) is 12.6 Å². The molecule has 0 saturated carbocycles. The van der Waals surface area contributed by atoms with E-state index < -0.39 is 34.1 Å². The van der Waals surface area contributed by atoms with Crippen LogP contribution < -0.4 is 9.62 Å². The van der Waals surface area contributed by atoms with E-state index in [1.807, 2.05) is 71.0 Å². The Hall–Kier alpha value is -2.87. The van der Waals surface area contributed by atoms with Crippen molar-refractivity contribution in [3.63, 3.8) is 0 Å². The number of amides is 2. The van der Waals surface area contributed by atoms with E-state index in [4.69, 9.17) is 0 Å². The molecule has 1 unspecified atom stereocenters. The molecule has 0 aromatic heterocycles. The highest BCUT2D eigenvalue weighted by Gasteiger charge is 2.31. The molecule has 2 aromatic carbocycles. The third-order valence-corrected chi connectivity index (χ3v) is 6.58. The molecule has 1 atom stereocenters. The first-order valence-electron chi connectivity index (χ1n) is 11.3. The maximum atomic E-state index is 13.6. The van der Waals surface area contributed by atoms with Crippen molar-refractivity contribution in [2.24, 2.45) is 0 Å². The molecule has 0 fully saturated rings. The zero-order valence-corrected chi connectivity index (χ0v) is 22.3. The summed E-state index contributed by atoms with van der Waals surface area (Å²) in [4.78, 5) is 28.0. The molecule has 2 amide bonds. The van der Waals surface area contributed by atoms with E-state index >= 15 is 0 Å². The van der Waals surface area contributed by atoms with E-state index in [0.717, 1.165) is 32.8 Å². The number of rotatable bonds is 8. The first kappa shape index (κ1) is 27.4. The minimum atomic E-state index is -3.75. The minimum absolute atomic E-state index is 0.183. The van der Waals surface area contributed by atoms with Crippen LogP contribution in [0.5, 0.6) is 0 Å². The monoisotopic (exact) mass is 487 g/mol. The van der Waals surface area contributed by atoms with Gasteiger partial charge < -0.3 is 10.2 Å². The Bertz CT molecular complexity index is 1140. The van der Waals surface area contributed by atoms with Crippen molar-refractivity contribution in [2.45, 2.75) is 66.6 Å². The van der Waals surface area contributed by atoms with Crippen molar-refractivity contribution in [1.29, 1.82) is 0 Å². The lowest BCUT2D eigenvalue weighted by Gasteiger charge is -2.33. The second-order valence-corrected chi connectivity index (χ2v) is 11.9. The lowest BCUT2D eigenvalue weighted by molar-refractivity contribution is -0.140. The fourth-order valence-corrected chi connectivity index (χ4v) is 4.43. The maximum Gasteiger partial charge on any atom is 0.244 e. The molecule has 0 spiro atoms. The largest absolute Gasteiger partial charge is 0.350 e. The summed E-state index contributed by atoms with van der Waals surface area (Å²) in [7, 11) is -3.75. The number of nitrogens with zero attached hydrogens (tertiary/aromatic N) is 2. The van der Waals surface area contributed by atoms with Crippen LogP contribution in [0.1, 0.15) is 49.9 Å². The second kappa shape index (κ2) is 10.6. The third-order valence-electron chi connectivity index (χ3n) is 5.45. The van der Waals surface area contributed by atoms with E-state index in [2.05, 4.69) is 5.32 Å². The smallest absolute Gasteiger partial charge is 0.244 e. The van der Waals surface area contributed by atoms with Crippen molar-refractivity contribution in [3.05, 3.63) is 64.7 Å². The Balaban J connectivity index is 2.44. The number of carbonyl (C=O) groups is 2. The number of hydrogen-bond acceptors (Lipinski definition) is 4. The molecule has 0 bridgehead atoms. The third kappa shape index (κ3) is 7.58. The molecular weight excluding hydrogens is 450 g/mol. The van der Waals surface area contributed by atoms with Crippen molar-refractivity contribution >= 4 is 27.5 Å². The van der Waals surface area contributed by atoms with Gasteiger partial charge in [-0.3, -0.25) is 13.9 Å². The Labute approximate surface area is 204 Å². The maximum absolute atomic E-state index is 13.6. The van der Waals surface area contributed by atoms with Gasteiger partial charge in [0.25, 0.3) is 0 Å². The lowest BCUT2D eigenvalue weighted by Crippen LogP contribution is -2.54. The average Bonchev–Trinajstić information content (AvgIpc) is 2.70. The number of nitrogens with one attached hydrogen (secondary N) is 1. The summed E-state index contributed by atoms with van der Waals surface area (Å²) in [6, 6.07) is 12.4. The Morgan fingerprint density at radius 2 is 1.53 bits per heavy atom. The molecule has 2 rings (SSSR count). The van der Waals surface area contributed by atoms with Gasteiger partial charge in [-0.05, 0) is 71.2 Å². The molecule has 8 heteroatoms. The first-order chi connectivity index (χ1) is 15.6. The van der Waals surface area contributed by atoms with Gasteiger partial charge in [0.2, 0.25) is 21.8 Å². The summed E-state index contributed by atoms with van der Waals surface area (Å²) < 4.78 is 26.6. The number of carbonyl (C=O) groups excluding carboxylic acids is 2. The standard InChI is InChI=1S/C26H37N3O4S/c1-18-10-13-22(14-11-18)16-28(21(4)25(31)27-26(5,6)7)24(30)17-29(34(8,32)33)23-15-19(2)9-12-20(23)3/h9-15,21H,16-17H2,1-8H3,(H,27,31). The predicted molar refractivity (Wildman–Crippen MR) is 137 cm³/mol. The number of hydrogen-bond donors (Lipinski definition) is 1. The quantitative estimate of drug-likeness (QED) is 0.615. The predicted octanol–water partition coefficient (Wildman–Crippen LogP) is 3.71. The van der Waals surface area contributed by atoms with Crippen LogP contribution in [-0.4, -0.2) is 49.5 Å². The zero-order valence-electron chi connectivity index (χ0n) is 21.5. The molecule has 0 aliphatic rings. The van der Waals surface area contributed by atoms with Crippen molar-refractivity contribution in [2.75, 3.05) is 17.1 Å². The van der Waals surface area contributed by atoms with Gasteiger partial charge in [0.05, 0.1) is 11.9 Å². The molecular formula is C26H37N3O4S. The molecule has 0 aliphatic heterocycles. The average molecular weight is 488 g/mol. The molecule has 7 nitrogen and oxygen atoms in total. The number of anilines is 1. The van der Waals surface area contributed by atoms with Gasteiger partial charge >= 0.3 is 0 Å². The van der Waals surface area contributed by atoms with E-state index in [9.17, 15) is 18.0 Å². The Kier molecular flexibility index (Phi) is 8.53. The van der Waals surface area contributed by atoms with Crippen LogP contribution in [0.25, 0.3) is 0 Å². The van der Waals surface area contributed by atoms with Crippen LogP contribution in [0.3, 0.4) is 0 Å². The van der Waals surface area contributed by atoms with Crippen LogP contribution in [0.2, 0.25) is 0 Å². The minimum Gasteiger partial charge on any atom is -0.350 e. The van der Waals surface area contributed by atoms with Gasteiger partial charge in [-0.1, -0.05) is 42.0 Å². The topological polar surface area (TPSA) is 86.8 Å². The molecule has 2 aromatic rings. The van der Waals surface area contributed by atoms with Gasteiger partial charge in [-0.25, -0.2) is 8.42 Å². The second-order valence-electron chi connectivity index (χ2n) is 9.98. The van der Waals surface area contributed by atoms with Crippen LogP contribution >= 0.6 is 0 Å². The van der Waals surface area contributed by atoms with Crippen LogP contribution in [-0.2, 0) is 26.2 Å². The summed E-state index contributed by atoms with van der Waals surface area (Å²) in [5, 5.41) is 2.92. The van der Waals surface area contributed by atoms with Gasteiger partial charge in [-0.15, -0.1) is 0 Å². The number of aryl methyl sites for hydroxylation is 3. The normalized spacial score (nSPS) is 12.7. The summed E-state index contributed by atoms with van der Waals surface area (Å²) in [6.45, 7) is 12.7. The molecule has 34 heavy (non-hydrogen) atoms. The highest BCUT2D eigenvalue weighted by Crippen LogP contribution is 2.24. The highest BCUT2D eigenvalue weighted by atomic mass is 32.2. The van der Waals surface area contributed by atoms with E-state index in [-0.39, 0.29) is 12.5 Å². The van der Waals surface area contributed by atoms with E-state index in [1.165, 1.54) is 4.90 Å². The lowest BCUT2D eigenvalue weighted by atomic mass is 10.1. The Morgan fingerprint density at radius 1 is 0.971 bits per heavy atom. The van der Waals surface area contributed by atoms with Gasteiger partial charge in [-0.2, -0.15) is 0 Å². The van der Waals surface area contributed by atoms with Crippen LogP contribution in [0, 0.1) is 20.8 Å². The van der Waals surface area contributed by atoms with E-state index in [1.54, 1.807) is 19.9 Å². The van der Waals surface area contributed by atoms with Crippen LogP contribution in [0.4, 0.5) is 5.69 Å². The zero-order chi connectivity index (χ0) is 25.8. The molecule has 0 heterocycles. The summed E-state index contributed by atoms with van der Waals surface area (Å²) >= 11 is 0. The SMILES string of the molecule is Cc1ccc(CN(C(=O)CN(c2cc(C)ccc2C)S(C)(=O)=O)C(C)C(=O)NC(C)(C)C)cc1.